The molecule has 1 fully saturated rings. The largest absolute Gasteiger partial charge is 0.454 e. The Labute approximate surface area is 197 Å². The highest BCUT2D eigenvalue weighted by Gasteiger charge is 2.34. The fourth-order valence-electron chi connectivity index (χ4n) is 4.46. The van der Waals surface area contributed by atoms with Crippen molar-refractivity contribution in [3.63, 3.8) is 0 Å². The predicted octanol–water partition coefficient (Wildman–Crippen LogP) is 4.00. The lowest BCUT2D eigenvalue weighted by Crippen LogP contribution is -2.51. The number of rotatable bonds is 5. The second-order valence-electron chi connectivity index (χ2n) is 8.81. The Morgan fingerprint density at radius 1 is 1.06 bits per heavy atom. The van der Waals surface area contributed by atoms with E-state index in [2.05, 4.69) is 10.5 Å². The minimum Gasteiger partial charge on any atom is -0.454 e. The van der Waals surface area contributed by atoms with Crippen LogP contribution in [0.4, 0.5) is 0 Å². The van der Waals surface area contributed by atoms with Gasteiger partial charge in [0.15, 0.2) is 23.0 Å². The van der Waals surface area contributed by atoms with Crippen molar-refractivity contribution < 1.29 is 23.6 Å². The summed E-state index contributed by atoms with van der Waals surface area (Å²) in [6.07, 6.45) is 2.35. The molecular formula is C26H27N3O5. The molecule has 8 nitrogen and oxygen atoms in total. The molecule has 2 amide bonds. The third-order valence-electron chi connectivity index (χ3n) is 6.36. The molecule has 0 spiro atoms. The first kappa shape index (κ1) is 22.0. The van der Waals surface area contributed by atoms with Crippen LogP contribution in [0.3, 0.4) is 0 Å². The van der Waals surface area contributed by atoms with Crippen LogP contribution in [0.1, 0.15) is 46.4 Å². The quantitative estimate of drug-likeness (QED) is 0.617. The summed E-state index contributed by atoms with van der Waals surface area (Å²) in [5.41, 5.74) is 4.16. The number of nitrogens with zero attached hydrogens (tertiary/aromatic N) is 2. The number of amides is 2. The molecule has 1 N–H and O–H groups in total. The number of piperidine rings is 1. The van der Waals surface area contributed by atoms with Crippen molar-refractivity contribution >= 4 is 11.8 Å². The van der Waals surface area contributed by atoms with Gasteiger partial charge in [0.2, 0.25) is 12.7 Å². The minimum absolute atomic E-state index is 0.177. The van der Waals surface area contributed by atoms with E-state index < -0.39 is 6.04 Å². The molecule has 3 aromatic rings. The monoisotopic (exact) mass is 461 g/mol. The highest BCUT2D eigenvalue weighted by Crippen LogP contribution is 2.32. The van der Waals surface area contributed by atoms with Crippen LogP contribution >= 0.6 is 0 Å². The molecule has 1 atom stereocenters. The Kier molecular flexibility index (Phi) is 5.96. The Balaban J connectivity index is 1.28. The molecule has 2 aliphatic rings. The molecule has 0 bridgehead atoms. The summed E-state index contributed by atoms with van der Waals surface area (Å²) in [6.45, 7) is 5.05. The van der Waals surface area contributed by atoms with E-state index >= 15 is 0 Å². The number of carbonyl (C=O) groups excluding carboxylic acids is 2. The Morgan fingerprint density at radius 3 is 2.79 bits per heavy atom. The standard InChI is InChI=1S/C26H27N3O5/c1-16-6-7-17(2)19(11-16)23-13-20(28-34-23)26(31)29-10-4-3-5-21(29)25(30)27-14-18-8-9-22-24(12-18)33-15-32-22/h6-9,11-13,21H,3-5,10,14-15H2,1-2H3,(H,27,30)/t21-/m0/s1. The molecule has 0 unspecified atom stereocenters. The number of carbonyl (C=O) groups is 2. The zero-order valence-corrected chi connectivity index (χ0v) is 19.3. The lowest BCUT2D eigenvalue weighted by atomic mass is 10.00. The van der Waals surface area contributed by atoms with E-state index in [0.717, 1.165) is 35.1 Å². The molecule has 0 radical (unpaired) electrons. The third-order valence-corrected chi connectivity index (χ3v) is 6.36. The van der Waals surface area contributed by atoms with E-state index in [1.165, 1.54) is 0 Å². The van der Waals surface area contributed by atoms with Gasteiger partial charge in [-0.05, 0) is 62.4 Å². The number of aryl methyl sites for hydroxylation is 2. The molecule has 8 heteroatoms. The van der Waals surface area contributed by atoms with Crippen LogP contribution in [0.2, 0.25) is 0 Å². The summed E-state index contributed by atoms with van der Waals surface area (Å²) in [5, 5.41) is 7.00. The van der Waals surface area contributed by atoms with E-state index in [-0.39, 0.29) is 24.3 Å². The first-order valence-corrected chi connectivity index (χ1v) is 11.5. The summed E-state index contributed by atoms with van der Waals surface area (Å²) < 4.78 is 16.3. The van der Waals surface area contributed by atoms with Crippen LogP contribution < -0.4 is 14.8 Å². The van der Waals surface area contributed by atoms with Crippen LogP contribution in [-0.4, -0.2) is 41.3 Å². The van der Waals surface area contributed by atoms with E-state index in [4.69, 9.17) is 14.0 Å². The Morgan fingerprint density at radius 2 is 1.91 bits per heavy atom. The number of ether oxygens (including phenoxy) is 2. The van der Waals surface area contributed by atoms with Crippen LogP contribution in [0.5, 0.6) is 11.5 Å². The topological polar surface area (TPSA) is 93.9 Å². The molecule has 0 aliphatic carbocycles. The maximum Gasteiger partial charge on any atom is 0.276 e. The number of hydrogen-bond acceptors (Lipinski definition) is 6. The number of aromatic nitrogens is 1. The summed E-state index contributed by atoms with van der Waals surface area (Å²) >= 11 is 0. The van der Waals surface area contributed by atoms with Gasteiger partial charge in [-0.1, -0.05) is 28.9 Å². The van der Waals surface area contributed by atoms with E-state index in [1.54, 1.807) is 11.0 Å². The van der Waals surface area contributed by atoms with Gasteiger partial charge in [0.25, 0.3) is 5.91 Å². The third kappa shape index (κ3) is 4.35. The zero-order valence-electron chi connectivity index (χ0n) is 19.3. The molecule has 5 rings (SSSR count). The lowest BCUT2D eigenvalue weighted by molar-refractivity contribution is -0.126. The van der Waals surface area contributed by atoms with E-state index in [9.17, 15) is 9.59 Å². The normalized spacial score (nSPS) is 17.0. The van der Waals surface area contributed by atoms with Gasteiger partial charge in [-0.3, -0.25) is 9.59 Å². The van der Waals surface area contributed by atoms with Gasteiger partial charge >= 0.3 is 0 Å². The van der Waals surface area contributed by atoms with Gasteiger partial charge in [-0.25, -0.2) is 0 Å². The van der Waals surface area contributed by atoms with Crippen LogP contribution in [-0.2, 0) is 11.3 Å². The van der Waals surface area contributed by atoms with Crippen LogP contribution in [0.25, 0.3) is 11.3 Å². The second-order valence-corrected chi connectivity index (χ2v) is 8.81. The van der Waals surface area contributed by atoms with Crippen molar-refractivity contribution in [2.24, 2.45) is 0 Å². The van der Waals surface area contributed by atoms with Gasteiger partial charge in [0, 0.05) is 24.7 Å². The van der Waals surface area contributed by atoms with Gasteiger partial charge < -0.3 is 24.2 Å². The highest BCUT2D eigenvalue weighted by molar-refractivity contribution is 5.97. The Hall–Kier alpha value is -3.81. The predicted molar refractivity (Wildman–Crippen MR) is 125 cm³/mol. The molecule has 176 valence electrons. The maximum absolute atomic E-state index is 13.3. The summed E-state index contributed by atoms with van der Waals surface area (Å²) in [7, 11) is 0. The minimum atomic E-state index is -0.545. The van der Waals surface area contributed by atoms with E-state index in [0.29, 0.717) is 36.8 Å². The number of benzene rings is 2. The molecular weight excluding hydrogens is 434 g/mol. The van der Waals surface area contributed by atoms with Crippen molar-refractivity contribution in [3.05, 3.63) is 64.8 Å². The van der Waals surface area contributed by atoms with Gasteiger partial charge in [-0.15, -0.1) is 0 Å². The first-order chi connectivity index (χ1) is 16.5. The van der Waals surface area contributed by atoms with E-state index in [1.807, 2.05) is 50.2 Å². The van der Waals surface area contributed by atoms with Gasteiger partial charge in [0.1, 0.15) is 6.04 Å². The van der Waals surface area contributed by atoms with Crippen LogP contribution in [0, 0.1) is 13.8 Å². The molecule has 34 heavy (non-hydrogen) atoms. The molecule has 2 aromatic carbocycles. The van der Waals surface area contributed by atoms with Gasteiger partial charge in [-0.2, -0.15) is 0 Å². The maximum atomic E-state index is 13.3. The Bertz CT molecular complexity index is 1230. The fourth-order valence-corrected chi connectivity index (χ4v) is 4.46. The highest BCUT2D eigenvalue weighted by atomic mass is 16.7. The SMILES string of the molecule is Cc1ccc(C)c(-c2cc(C(=O)N3CCCC[C@H]3C(=O)NCc3ccc4c(c3)OCO4)no2)c1. The van der Waals surface area contributed by atoms with Crippen molar-refractivity contribution in [3.8, 4) is 22.8 Å². The van der Waals surface area contributed by atoms with Gasteiger partial charge in [0.05, 0.1) is 0 Å². The van der Waals surface area contributed by atoms with Crippen molar-refractivity contribution in [1.82, 2.24) is 15.4 Å². The molecule has 0 saturated carbocycles. The fraction of sp³-hybridized carbons (Fsp3) is 0.346. The van der Waals surface area contributed by atoms with Crippen molar-refractivity contribution in [2.45, 2.75) is 45.7 Å². The van der Waals surface area contributed by atoms with Crippen LogP contribution in [0.15, 0.2) is 47.0 Å². The molecule has 1 aromatic heterocycles. The molecule has 1 saturated heterocycles. The van der Waals surface area contributed by atoms with Crippen molar-refractivity contribution in [1.29, 1.82) is 0 Å². The summed E-state index contributed by atoms with van der Waals surface area (Å²) in [4.78, 5) is 28.0. The summed E-state index contributed by atoms with van der Waals surface area (Å²) in [6, 6.07) is 12.8. The average Bonchev–Trinajstić information content (AvgIpc) is 3.53. The number of nitrogens with one attached hydrogen (secondary N) is 1. The average molecular weight is 462 g/mol. The zero-order chi connectivity index (χ0) is 23.7. The first-order valence-electron chi connectivity index (χ1n) is 11.5. The van der Waals surface area contributed by atoms with Crippen molar-refractivity contribution in [2.75, 3.05) is 13.3 Å². The number of fused-ring (bicyclic) bond motifs is 1. The molecule has 3 heterocycles. The second kappa shape index (κ2) is 9.21. The smallest absolute Gasteiger partial charge is 0.276 e. The summed E-state index contributed by atoms with van der Waals surface area (Å²) in [5.74, 6) is 1.46. The molecule has 2 aliphatic heterocycles. The number of hydrogen-bond donors (Lipinski definition) is 1. The lowest BCUT2D eigenvalue weighted by Gasteiger charge is -2.34. The number of likely N-dealkylation sites (tertiary alicyclic amines) is 1.